The highest BCUT2D eigenvalue weighted by Gasteiger charge is 2.21. The van der Waals surface area contributed by atoms with E-state index < -0.39 is 0 Å². The van der Waals surface area contributed by atoms with E-state index in [1.807, 2.05) is 11.8 Å². The van der Waals surface area contributed by atoms with Gasteiger partial charge in [0, 0.05) is 25.0 Å². The molecule has 118 valence electrons. The van der Waals surface area contributed by atoms with E-state index in [0.717, 1.165) is 38.4 Å². The molecule has 0 aliphatic carbocycles. The van der Waals surface area contributed by atoms with E-state index in [0.29, 0.717) is 5.25 Å². The fraction of sp³-hybridized carbons (Fsp3) is 0.750. The molecule has 1 aromatic heterocycles. The van der Waals surface area contributed by atoms with Crippen molar-refractivity contribution in [3.63, 3.8) is 0 Å². The van der Waals surface area contributed by atoms with Crippen molar-refractivity contribution in [1.29, 1.82) is 0 Å². The molecule has 0 aromatic carbocycles. The highest BCUT2D eigenvalue weighted by atomic mass is 32.2. The first-order valence-electron chi connectivity index (χ1n) is 7.87. The molecule has 1 saturated heterocycles. The monoisotopic (exact) mass is 309 g/mol. The van der Waals surface area contributed by atoms with Gasteiger partial charge in [-0.15, -0.1) is 0 Å². The van der Waals surface area contributed by atoms with Crippen LogP contribution in [0.4, 0.5) is 0 Å². The molecule has 2 rings (SSSR count). The Morgan fingerprint density at radius 1 is 1.24 bits per heavy atom. The van der Waals surface area contributed by atoms with E-state index in [-0.39, 0.29) is 0 Å². The lowest BCUT2D eigenvalue weighted by Gasteiger charge is -2.14. The summed E-state index contributed by atoms with van der Waals surface area (Å²) in [6.45, 7) is 6.97. The Morgan fingerprint density at radius 2 is 2.00 bits per heavy atom. The first kappa shape index (κ1) is 16.7. The largest absolute Gasteiger partial charge is 0.383 e. The molecule has 0 amide bonds. The van der Waals surface area contributed by atoms with E-state index in [2.05, 4.69) is 19.2 Å². The van der Waals surface area contributed by atoms with Gasteiger partial charge in [0.15, 0.2) is 0 Å². The van der Waals surface area contributed by atoms with Crippen LogP contribution in [0.5, 0.6) is 0 Å². The average molecular weight is 309 g/mol. The minimum atomic E-state index is 0.521. The third-order valence-corrected chi connectivity index (χ3v) is 5.29. The van der Waals surface area contributed by atoms with Crippen LogP contribution in [0.25, 0.3) is 0 Å². The Kier molecular flexibility index (Phi) is 6.93. The Labute approximate surface area is 132 Å². The van der Waals surface area contributed by atoms with Crippen molar-refractivity contribution in [3.05, 3.63) is 22.8 Å². The van der Waals surface area contributed by atoms with E-state index >= 15 is 0 Å². The second kappa shape index (κ2) is 8.71. The Balaban J connectivity index is 1.88. The third-order valence-electron chi connectivity index (χ3n) is 3.92. The van der Waals surface area contributed by atoms with Crippen molar-refractivity contribution in [2.45, 2.75) is 44.8 Å². The van der Waals surface area contributed by atoms with E-state index in [9.17, 15) is 0 Å². The molecule has 1 unspecified atom stereocenters. The van der Waals surface area contributed by atoms with Crippen LogP contribution in [0, 0.1) is 13.8 Å². The summed E-state index contributed by atoms with van der Waals surface area (Å²) in [7, 11) is 1.73. The van der Waals surface area contributed by atoms with Crippen molar-refractivity contribution < 1.29 is 4.74 Å². The van der Waals surface area contributed by atoms with Crippen LogP contribution in [0.2, 0.25) is 0 Å². The lowest BCUT2D eigenvalue weighted by Crippen LogP contribution is -2.21. The van der Waals surface area contributed by atoms with Crippen LogP contribution < -0.4 is 5.32 Å². The van der Waals surface area contributed by atoms with E-state index in [1.54, 1.807) is 7.11 Å². The van der Waals surface area contributed by atoms with Gasteiger partial charge in [-0.2, -0.15) is 11.8 Å². The smallest absolute Gasteiger partial charge is 0.141 e. The molecule has 4 nitrogen and oxygen atoms in total. The summed E-state index contributed by atoms with van der Waals surface area (Å²) < 4.78 is 5.02. The number of ether oxygens (including phenoxy) is 1. The number of hydrogen-bond acceptors (Lipinski definition) is 5. The fourth-order valence-electron chi connectivity index (χ4n) is 2.74. The molecule has 0 spiro atoms. The molecule has 0 saturated carbocycles. The number of methoxy groups -OCH3 is 1. The summed E-state index contributed by atoms with van der Waals surface area (Å²) in [4.78, 5) is 9.54. The lowest BCUT2D eigenvalue weighted by atomic mass is 10.1. The van der Waals surface area contributed by atoms with Crippen molar-refractivity contribution >= 4 is 11.8 Å². The first-order valence-corrected chi connectivity index (χ1v) is 8.92. The molecule has 0 bridgehead atoms. The number of nitrogens with one attached hydrogen (secondary N) is 1. The maximum absolute atomic E-state index is 5.02. The lowest BCUT2D eigenvalue weighted by molar-refractivity contribution is 0.199. The summed E-state index contributed by atoms with van der Waals surface area (Å²) in [5.41, 5.74) is 3.67. The maximum atomic E-state index is 5.02. The van der Waals surface area contributed by atoms with Gasteiger partial charge < -0.3 is 10.1 Å². The summed E-state index contributed by atoms with van der Waals surface area (Å²) >= 11 is 2.00. The van der Waals surface area contributed by atoms with Crippen molar-refractivity contribution in [3.8, 4) is 0 Å². The highest BCUT2D eigenvalue weighted by Crippen LogP contribution is 2.38. The molecule has 1 aromatic rings. The molecule has 5 heteroatoms. The summed E-state index contributed by atoms with van der Waals surface area (Å²) in [5, 5.41) is 3.90. The van der Waals surface area contributed by atoms with Crippen LogP contribution in [-0.2, 0) is 11.2 Å². The van der Waals surface area contributed by atoms with Gasteiger partial charge in [0.1, 0.15) is 5.82 Å². The van der Waals surface area contributed by atoms with Crippen molar-refractivity contribution in [1.82, 2.24) is 15.3 Å². The number of rotatable bonds is 8. The molecule has 0 radical (unpaired) electrons. The van der Waals surface area contributed by atoms with E-state index in [1.165, 1.54) is 35.5 Å². The third kappa shape index (κ3) is 4.94. The van der Waals surface area contributed by atoms with Gasteiger partial charge in [-0.25, -0.2) is 9.97 Å². The topological polar surface area (TPSA) is 47.0 Å². The number of aryl methyl sites for hydroxylation is 2. The number of nitrogens with zero attached hydrogens (tertiary/aromatic N) is 2. The fourth-order valence-corrected chi connectivity index (χ4v) is 3.95. The number of hydrogen-bond donors (Lipinski definition) is 1. The normalized spacial score (nSPS) is 18.3. The Morgan fingerprint density at radius 3 is 2.62 bits per heavy atom. The second-order valence-electron chi connectivity index (χ2n) is 5.58. The predicted octanol–water partition coefficient (Wildman–Crippen LogP) is 2.83. The summed E-state index contributed by atoms with van der Waals surface area (Å²) in [6, 6.07) is 0. The maximum Gasteiger partial charge on any atom is 0.141 e. The van der Waals surface area contributed by atoms with Gasteiger partial charge in [-0.1, -0.05) is 0 Å². The molecular formula is C16H27N3OS. The number of thioether (sulfide) groups is 1. The molecule has 21 heavy (non-hydrogen) atoms. The molecule has 1 atom stereocenters. The van der Waals surface area contributed by atoms with Crippen LogP contribution in [0.3, 0.4) is 0 Å². The van der Waals surface area contributed by atoms with E-state index in [4.69, 9.17) is 14.7 Å². The molecule has 1 aliphatic heterocycles. The molecule has 1 fully saturated rings. The molecule has 1 aliphatic rings. The molecular weight excluding hydrogens is 282 g/mol. The predicted molar refractivity (Wildman–Crippen MR) is 89.0 cm³/mol. The highest BCUT2D eigenvalue weighted by molar-refractivity contribution is 7.99. The SMILES string of the molecule is COCCNCCCc1c(C)nc(C2CCCS2)nc1C. The van der Waals surface area contributed by atoms with Gasteiger partial charge in [-0.05, 0) is 57.4 Å². The Hall–Kier alpha value is -0.650. The standard InChI is InChI=1S/C16H27N3OS/c1-12-14(6-4-8-17-9-10-20-3)13(2)19-16(18-12)15-7-5-11-21-15/h15,17H,4-11H2,1-3H3. The minimum Gasteiger partial charge on any atom is -0.383 e. The van der Waals surface area contributed by atoms with Crippen LogP contribution in [0.1, 0.15) is 47.3 Å². The van der Waals surface area contributed by atoms with Crippen LogP contribution >= 0.6 is 11.8 Å². The van der Waals surface area contributed by atoms with Gasteiger partial charge in [0.2, 0.25) is 0 Å². The zero-order valence-corrected chi connectivity index (χ0v) is 14.3. The number of aromatic nitrogens is 2. The average Bonchev–Trinajstić information content (AvgIpc) is 2.99. The molecule has 1 N–H and O–H groups in total. The van der Waals surface area contributed by atoms with Crippen LogP contribution in [0.15, 0.2) is 0 Å². The van der Waals surface area contributed by atoms with Crippen molar-refractivity contribution in [2.24, 2.45) is 0 Å². The Bertz CT molecular complexity index is 424. The van der Waals surface area contributed by atoms with Crippen LogP contribution in [-0.4, -0.2) is 42.5 Å². The zero-order chi connectivity index (χ0) is 15.1. The second-order valence-corrected chi connectivity index (χ2v) is 6.89. The summed E-state index contributed by atoms with van der Waals surface area (Å²) in [6.07, 6.45) is 4.69. The van der Waals surface area contributed by atoms with Gasteiger partial charge in [0.05, 0.1) is 11.9 Å². The van der Waals surface area contributed by atoms with Gasteiger partial charge in [-0.3, -0.25) is 0 Å². The quantitative estimate of drug-likeness (QED) is 0.748. The molecule has 2 heterocycles. The zero-order valence-electron chi connectivity index (χ0n) is 13.4. The first-order chi connectivity index (χ1) is 10.2. The van der Waals surface area contributed by atoms with Crippen molar-refractivity contribution in [2.75, 3.05) is 32.6 Å². The summed E-state index contributed by atoms with van der Waals surface area (Å²) in [5.74, 6) is 2.30. The minimum absolute atomic E-state index is 0.521. The van der Waals surface area contributed by atoms with Gasteiger partial charge in [0.25, 0.3) is 0 Å². The van der Waals surface area contributed by atoms with Gasteiger partial charge >= 0.3 is 0 Å².